The lowest BCUT2D eigenvalue weighted by Crippen LogP contribution is -2.45. The Labute approximate surface area is 270 Å². The van der Waals surface area contributed by atoms with Gasteiger partial charge in [0.1, 0.15) is 15.7 Å². The fourth-order valence-corrected chi connectivity index (χ4v) is 8.39. The Morgan fingerprint density at radius 3 is 2.73 bits per heavy atom. The van der Waals surface area contributed by atoms with Gasteiger partial charge in [0.25, 0.3) is 5.91 Å². The number of allylic oxidation sites excluding steroid dienone is 1. The number of halogens is 1. The molecule has 4 atom stereocenters. The van der Waals surface area contributed by atoms with E-state index in [2.05, 4.69) is 38.3 Å². The average molecular weight is 656 g/mol. The third kappa shape index (κ3) is 7.56. The summed E-state index contributed by atoms with van der Waals surface area (Å²) in [6, 6.07) is 11.4. The molecule has 2 aromatic rings. The van der Waals surface area contributed by atoms with Crippen LogP contribution in [0.1, 0.15) is 60.0 Å². The number of amides is 2. The molecular formula is C34H42ClN3O6S. The number of methoxy groups -OCH3 is 1. The van der Waals surface area contributed by atoms with E-state index in [9.17, 15) is 13.8 Å². The van der Waals surface area contributed by atoms with Crippen molar-refractivity contribution in [1.29, 1.82) is 0 Å². The summed E-state index contributed by atoms with van der Waals surface area (Å²) in [4.78, 5) is 28.8. The Kier molecular flexibility index (Phi) is 10.1. The molecule has 6 rings (SSSR count). The molecule has 2 fully saturated rings. The molecule has 0 spiro atoms. The zero-order valence-electron chi connectivity index (χ0n) is 25.8. The number of hydrogen-bond donors (Lipinski definition) is 1. The van der Waals surface area contributed by atoms with Crippen molar-refractivity contribution < 1.29 is 28.0 Å². The molecule has 0 aromatic heterocycles. The van der Waals surface area contributed by atoms with Crippen molar-refractivity contribution in [2.24, 2.45) is 22.1 Å². The van der Waals surface area contributed by atoms with Gasteiger partial charge >= 0.3 is 0 Å². The number of nitrogens with zero attached hydrogens (tertiary/aromatic N) is 2. The zero-order chi connectivity index (χ0) is 31.4. The van der Waals surface area contributed by atoms with Crippen LogP contribution in [0.25, 0.3) is 0 Å². The third-order valence-electron chi connectivity index (χ3n) is 9.42. The van der Waals surface area contributed by atoms with Gasteiger partial charge in [-0.05, 0) is 98.2 Å². The van der Waals surface area contributed by atoms with Crippen LogP contribution in [0.15, 0.2) is 52.9 Å². The van der Waals surface area contributed by atoms with Crippen molar-refractivity contribution in [3.63, 3.8) is 0 Å². The maximum absolute atomic E-state index is 14.0. The van der Waals surface area contributed by atoms with Crippen molar-refractivity contribution in [2.75, 3.05) is 44.1 Å². The molecule has 2 bridgehead atoms. The van der Waals surface area contributed by atoms with E-state index in [4.69, 9.17) is 25.8 Å². The van der Waals surface area contributed by atoms with E-state index in [-0.39, 0.29) is 31.0 Å². The lowest BCUT2D eigenvalue weighted by Gasteiger charge is -2.43. The number of carbonyl (C=O) groups excluding carboxylic acids is 2. The van der Waals surface area contributed by atoms with Gasteiger partial charge in [-0.2, -0.15) is 0 Å². The first kappa shape index (κ1) is 32.0. The van der Waals surface area contributed by atoms with Crippen LogP contribution < -0.4 is 14.4 Å². The van der Waals surface area contributed by atoms with Crippen molar-refractivity contribution in [3.05, 3.63) is 70.3 Å². The fourth-order valence-electron chi connectivity index (χ4n) is 6.55. The standard InChI is InChI=1S/C34H42ClN3O6S/c1-42-31-8-3-2-6-16-45(41,37-34(40)27-21-43-22-27)36-33(39)24-11-14-32-30(18-24)38(20-26-10-13-29(26)31)19-25-9-12-28(35)17-23(25)7-4-5-15-44-32/h3,8-9,11-12,14,17-18,26-27,29,31H,2,4-7,10,13,15-16,19-22H2,1H3,(H,36,37,39,40,41)/b8-3+/t26-,29+,31-,45-/m0/s1. The second kappa shape index (κ2) is 14.2. The van der Waals surface area contributed by atoms with Crippen LogP contribution in [0.2, 0.25) is 5.02 Å². The van der Waals surface area contributed by atoms with Crippen LogP contribution in [-0.4, -0.2) is 61.4 Å². The number of rotatable bonds is 3. The first-order chi connectivity index (χ1) is 21.8. The summed E-state index contributed by atoms with van der Waals surface area (Å²) in [6.07, 6.45) is 10.1. The number of benzene rings is 2. The van der Waals surface area contributed by atoms with Crippen molar-refractivity contribution in [1.82, 2.24) is 4.72 Å². The van der Waals surface area contributed by atoms with Gasteiger partial charge in [0.2, 0.25) is 5.91 Å². The molecule has 45 heavy (non-hydrogen) atoms. The number of aryl methyl sites for hydroxylation is 1. The number of anilines is 1. The van der Waals surface area contributed by atoms with Crippen molar-refractivity contribution in [3.8, 4) is 5.75 Å². The van der Waals surface area contributed by atoms with Crippen LogP contribution in [-0.2, 0) is 37.1 Å². The number of carbonyl (C=O) groups is 2. The Hall–Kier alpha value is -2.92. The van der Waals surface area contributed by atoms with Gasteiger partial charge in [0.05, 0.1) is 43.3 Å². The molecule has 3 heterocycles. The first-order valence-electron chi connectivity index (χ1n) is 16.0. The molecule has 1 saturated carbocycles. The number of fused-ring (bicyclic) bond motifs is 3. The van der Waals surface area contributed by atoms with Crippen LogP contribution in [0.3, 0.4) is 0 Å². The van der Waals surface area contributed by atoms with Gasteiger partial charge in [0.15, 0.2) is 0 Å². The molecule has 0 radical (unpaired) electrons. The van der Waals surface area contributed by atoms with Crippen LogP contribution in [0, 0.1) is 17.8 Å². The minimum Gasteiger partial charge on any atom is -0.491 e. The number of hydrogen-bond acceptors (Lipinski definition) is 7. The summed E-state index contributed by atoms with van der Waals surface area (Å²) in [6.45, 7) is 2.46. The van der Waals surface area contributed by atoms with E-state index >= 15 is 0 Å². The van der Waals surface area contributed by atoms with E-state index in [0.717, 1.165) is 49.4 Å². The third-order valence-corrected chi connectivity index (χ3v) is 11.5. The summed E-state index contributed by atoms with van der Waals surface area (Å²) in [5, 5.41) is 0.719. The van der Waals surface area contributed by atoms with E-state index in [0.29, 0.717) is 49.1 Å². The maximum atomic E-state index is 14.0. The number of nitrogens with one attached hydrogen (secondary N) is 1. The lowest BCUT2D eigenvalue weighted by molar-refractivity contribution is -0.136. The Morgan fingerprint density at radius 2 is 1.98 bits per heavy atom. The topological polar surface area (TPSA) is 107 Å². The minimum absolute atomic E-state index is 0.0392. The summed E-state index contributed by atoms with van der Waals surface area (Å²) in [7, 11) is -1.62. The monoisotopic (exact) mass is 655 g/mol. The van der Waals surface area contributed by atoms with E-state index < -0.39 is 21.7 Å². The molecule has 11 heteroatoms. The lowest BCUT2D eigenvalue weighted by atomic mass is 9.70. The second-order valence-corrected chi connectivity index (χ2v) is 15.0. The summed E-state index contributed by atoms with van der Waals surface area (Å²) in [5.74, 6) is 0.0770. The smallest absolute Gasteiger partial charge is 0.286 e. The maximum Gasteiger partial charge on any atom is 0.286 e. The molecule has 9 nitrogen and oxygen atoms in total. The molecule has 0 unspecified atom stereocenters. The molecule has 3 aliphatic heterocycles. The highest BCUT2D eigenvalue weighted by molar-refractivity contribution is 7.92. The quantitative estimate of drug-likeness (QED) is 0.421. The van der Waals surface area contributed by atoms with Crippen LogP contribution >= 0.6 is 11.6 Å². The number of ether oxygens (including phenoxy) is 3. The largest absolute Gasteiger partial charge is 0.491 e. The Morgan fingerprint density at radius 1 is 1.11 bits per heavy atom. The minimum atomic E-state index is -3.37. The Bertz CT molecular complexity index is 1570. The summed E-state index contributed by atoms with van der Waals surface area (Å²) in [5.41, 5.74) is 3.50. The zero-order valence-corrected chi connectivity index (χ0v) is 27.3. The van der Waals surface area contributed by atoms with E-state index in [1.54, 1.807) is 13.2 Å². The molecular weight excluding hydrogens is 614 g/mol. The summed E-state index contributed by atoms with van der Waals surface area (Å²) < 4.78 is 38.3. The molecule has 2 amide bonds. The molecule has 1 aliphatic carbocycles. The van der Waals surface area contributed by atoms with Crippen LogP contribution in [0.5, 0.6) is 5.75 Å². The normalized spacial score (nSPS) is 28.4. The molecule has 242 valence electrons. The Balaban J connectivity index is 1.43. The van der Waals surface area contributed by atoms with E-state index in [1.165, 1.54) is 11.1 Å². The van der Waals surface area contributed by atoms with Gasteiger partial charge in [-0.3, -0.25) is 14.3 Å². The molecule has 1 saturated heterocycles. The molecule has 1 N–H and O–H groups in total. The van der Waals surface area contributed by atoms with Crippen LogP contribution in [0.4, 0.5) is 5.69 Å². The van der Waals surface area contributed by atoms with Gasteiger partial charge in [-0.15, -0.1) is 4.36 Å². The first-order valence-corrected chi connectivity index (χ1v) is 18.0. The highest BCUT2D eigenvalue weighted by Gasteiger charge is 2.38. The average Bonchev–Trinajstić information content (AvgIpc) is 2.99. The summed E-state index contributed by atoms with van der Waals surface area (Å²) >= 11 is 6.43. The highest BCUT2D eigenvalue weighted by Crippen LogP contribution is 2.42. The van der Waals surface area contributed by atoms with Crippen molar-refractivity contribution >= 4 is 39.0 Å². The predicted octanol–water partition coefficient (Wildman–Crippen LogP) is 5.74. The van der Waals surface area contributed by atoms with Crippen molar-refractivity contribution in [2.45, 2.75) is 57.6 Å². The van der Waals surface area contributed by atoms with Gasteiger partial charge < -0.3 is 19.1 Å². The van der Waals surface area contributed by atoms with Gasteiger partial charge in [0, 0.05) is 30.8 Å². The second-order valence-electron chi connectivity index (χ2n) is 12.5. The molecule has 2 aromatic carbocycles. The van der Waals surface area contributed by atoms with Gasteiger partial charge in [-0.1, -0.05) is 29.8 Å². The van der Waals surface area contributed by atoms with Gasteiger partial charge in [-0.25, -0.2) is 4.21 Å². The highest BCUT2D eigenvalue weighted by atomic mass is 35.5. The SMILES string of the molecule is CO[C@H]1/C=C/CCC[S@@](=O)(NC(=O)C2COC2)=NC(=O)c2ccc3c(c2)N(Cc2ccc(Cl)cc2CCCCO3)C[C@@H]2CC[C@H]21. The van der Waals surface area contributed by atoms with E-state index in [1.807, 2.05) is 18.2 Å². The predicted molar refractivity (Wildman–Crippen MR) is 175 cm³/mol. The fraction of sp³-hybridized carbons (Fsp3) is 0.529. The molecule has 4 aliphatic rings.